The molecule has 4 rings (SSSR count). The molecule has 1 aliphatic heterocycles. The third-order valence-corrected chi connectivity index (χ3v) is 7.21. The fraction of sp³-hybridized carbons (Fsp3) is 0.394. The molecule has 0 aromatic heterocycles. The molecule has 0 aliphatic carbocycles. The number of nitrogens with one attached hydrogen (secondary N) is 2. The summed E-state index contributed by atoms with van der Waals surface area (Å²) in [6.07, 6.45) is -0.299. The van der Waals surface area contributed by atoms with Gasteiger partial charge in [-0.25, -0.2) is 4.79 Å². The summed E-state index contributed by atoms with van der Waals surface area (Å²) in [6, 6.07) is 22.0. The third-order valence-electron chi connectivity index (χ3n) is 7.21. The van der Waals surface area contributed by atoms with Gasteiger partial charge >= 0.3 is 6.03 Å². The summed E-state index contributed by atoms with van der Waals surface area (Å²) in [6.45, 7) is 9.15. The number of amides is 3. The number of ether oxygens (including phenoxy) is 2. The number of aliphatic hydroxyl groups excluding tert-OH is 1. The van der Waals surface area contributed by atoms with Crippen LogP contribution in [0.1, 0.15) is 43.6 Å². The minimum atomic E-state index is -0.376. The van der Waals surface area contributed by atoms with Crippen LogP contribution in [0.2, 0.25) is 0 Å². The summed E-state index contributed by atoms with van der Waals surface area (Å²) in [7, 11) is 2.03. The van der Waals surface area contributed by atoms with Gasteiger partial charge in [0.25, 0.3) is 5.91 Å². The highest BCUT2D eigenvalue weighted by Gasteiger charge is 2.34. The maximum atomic E-state index is 13.6. The number of rotatable bonds is 10. The van der Waals surface area contributed by atoms with E-state index in [1.54, 1.807) is 23.1 Å². The van der Waals surface area contributed by atoms with Crippen molar-refractivity contribution >= 4 is 17.6 Å². The van der Waals surface area contributed by atoms with Crippen molar-refractivity contribution in [3.05, 3.63) is 83.9 Å². The number of para-hydroxylation sites is 2. The van der Waals surface area contributed by atoms with Crippen LogP contribution in [-0.4, -0.2) is 71.8 Å². The molecular weight excluding hydrogens is 532 g/mol. The van der Waals surface area contributed by atoms with Gasteiger partial charge in [-0.2, -0.15) is 0 Å². The predicted molar refractivity (Wildman–Crippen MR) is 164 cm³/mol. The fourth-order valence-electron chi connectivity index (χ4n) is 4.95. The molecular formula is C33H42N4O5. The maximum Gasteiger partial charge on any atom is 0.319 e. The summed E-state index contributed by atoms with van der Waals surface area (Å²) in [4.78, 5) is 30.1. The van der Waals surface area contributed by atoms with E-state index in [4.69, 9.17) is 9.47 Å². The number of urea groups is 1. The van der Waals surface area contributed by atoms with Gasteiger partial charge in [0.2, 0.25) is 0 Å². The molecule has 0 unspecified atom stereocenters. The minimum absolute atomic E-state index is 0.0562. The van der Waals surface area contributed by atoms with Crippen LogP contribution in [0.25, 0.3) is 0 Å². The second-order valence-corrected chi connectivity index (χ2v) is 11.3. The molecule has 0 fully saturated rings. The molecule has 0 saturated carbocycles. The number of aliphatic hydroxyl groups is 1. The number of hydrogen-bond acceptors (Lipinski definition) is 6. The minimum Gasteiger partial charge on any atom is -0.486 e. The van der Waals surface area contributed by atoms with Crippen molar-refractivity contribution in [3.63, 3.8) is 0 Å². The Hall–Kier alpha value is -4.08. The van der Waals surface area contributed by atoms with Crippen molar-refractivity contribution in [2.24, 2.45) is 5.92 Å². The van der Waals surface area contributed by atoms with Crippen LogP contribution in [0.5, 0.6) is 17.2 Å². The molecule has 9 heteroatoms. The van der Waals surface area contributed by atoms with Gasteiger partial charge in [0, 0.05) is 31.6 Å². The van der Waals surface area contributed by atoms with Gasteiger partial charge in [-0.15, -0.1) is 0 Å². The Morgan fingerprint density at radius 2 is 1.74 bits per heavy atom. The zero-order valence-corrected chi connectivity index (χ0v) is 25.0. The van der Waals surface area contributed by atoms with E-state index in [0.29, 0.717) is 36.6 Å². The second-order valence-electron chi connectivity index (χ2n) is 11.3. The van der Waals surface area contributed by atoms with Crippen LogP contribution in [0, 0.1) is 5.92 Å². The van der Waals surface area contributed by atoms with E-state index in [9.17, 15) is 14.7 Å². The highest BCUT2D eigenvalue weighted by molar-refractivity contribution is 6.01. The zero-order valence-electron chi connectivity index (χ0n) is 25.0. The smallest absolute Gasteiger partial charge is 0.319 e. The lowest BCUT2D eigenvalue weighted by molar-refractivity contribution is 0.0343. The van der Waals surface area contributed by atoms with E-state index in [1.807, 2.05) is 89.3 Å². The first-order chi connectivity index (χ1) is 20.1. The van der Waals surface area contributed by atoms with E-state index >= 15 is 0 Å². The van der Waals surface area contributed by atoms with Gasteiger partial charge < -0.3 is 30.1 Å². The first-order valence-corrected chi connectivity index (χ1v) is 14.4. The largest absolute Gasteiger partial charge is 0.486 e. The zero-order chi connectivity index (χ0) is 30.2. The van der Waals surface area contributed by atoms with Crippen LogP contribution in [0.4, 0.5) is 10.5 Å². The number of hydrogen-bond donors (Lipinski definition) is 3. The Kier molecular flexibility index (Phi) is 10.4. The molecule has 3 atom stereocenters. The lowest BCUT2D eigenvalue weighted by Gasteiger charge is -2.38. The molecule has 0 bridgehead atoms. The number of carbonyl (C=O) groups is 2. The van der Waals surface area contributed by atoms with Crippen LogP contribution < -0.4 is 20.1 Å². The molecule has 3 amide bonds. The average molecular weight is 575 g/mol. The Bertz CT molecular complexity index is 1330. The number of likely N-dealkylation sites (N-methyl/N-ethyl adjacent to an activating group) is 1. The molecule has 3 aromatic rings. The van der Waals surface area contributed by atoms with Crippen molar-refractivity contribution < 1.29 is 24.2 Å². The standard InChI is InChI=1S/C33H42N4O5/c1-22(2)34-33(40)35-29-13-9-12-28-31(29)42-30(23(3)18-37(32(28)39)24(4)21-38)20-36(5)19-25-14-16-27(17-15-25)41-26-10-7-6-8-11-26/h6-17,22-24,30,38H,18-21H2,1-5H3,(H2,34,35,40)/t23-,24-,30+/m0/s1. The number of benzene rings is 3. The SMILES string of the molecule is CC(C)NC(=O)Nc1cccc2c1O[C@H](CN(C)Cc1ccc(Oc3ccccc3)cc1)[C@@H](C)CN([C@@H](C)CO)C2=O. The normalized spacial score (nSPS) is 17.6. The predicted octanol–water partition coefficient (Wildman–Crippen LogP) is 5.36. The van der Waals surface area contributed by atoms with Gasteiger partial charge in [-0.3, -0.25) is 9.69 Å². The van der Waals surface area contributed by atoms with Gasteiger partial charge in [0.15, 0.2) is 5.75 Å². The summed E-state index contributed by atoms with van der Waals surface area (Å²) >= 11 is 0. The molecule has 3 aromatic carbocycles. The average Bonchev–Trinajstić information content (AvgIpc) is 2.96. The lowest BCUT2D eigenvalue weighted by Crippen LogP contribution is -2.49. The maximum absolute atomic E-state index is 13.6. The summed E-state index contributed by atoms with van der Waals surface area (Å²) in [5.74, 6) is 1.60. The fourth-order valence-corrected chi connectivity index (χ4v) is 4.95. The number of carbonyl (C=O) groups excluding carboxylic acids is 2. The van der Waals surface area contributed by atoms with Gasteiger partial charge in [0.05, 0.1) is 23.9 Å². The molecule has 42 heavy (non-hydrogen) atoms. The highest BCUT2D eigenvalue weighted by atomic mass is 16.5. The Morgan fingerprint density at radius 3 is 2.40 bits per heavy atom. The van der Waals surface area contributed by atoms with Crippen molar-refractivity contribution in [1.29, 1.82) is 0 Å². The molecule has 9 nitrogen and oxygen atoms in total. The highest BCUT2D eigenvalue weighted by Crippen LogP contribution is 2.35. The molecule has 1 heterocycles. The molecule has 0 radical (unpaired) electrons. The van der Waals surface area contributed by atoms with Gasteiger partial charge in [-0.1, -0.05) is 43.3 Å². The number of nitrogens with zero attached hydrogens (tertiary/aromatic N) is 2. The Balaban J connectivity index is 1.54. The topological polar surface area (TPSA) is 103 Å². The van der Waals surface area contributed by atoms with Crippen molar-refractivity contribution in [2.45, 2.75) is 52.4 Å². The quantitative estimate of drug-likeness (QED) is 0.301. The second kappa shape index (κ2) is 14.2. The van der Waals surface area contributed by atoms with Crippen LogP contribution in [0.15, 0.2) is 72.8 Å². The third kappa shape index (κ3) is 8.02. The van der Waals surface area contributed by atoms with E-state index in [-0.39, 0.29) is 42.7 Å². The van der Waals surface area contributed by atoms with Gasteiger partial charge in [0.1, 0.15) is 17.6 Å². The van der Waals surface area contributed by atoms with E-state index in [2.05, 4.69) is 15.5 Å². The van der Waals surface area contributed by atoms with Crippen molar-refractivity contribution in [3.8, 4) is 17.2 Å². The Labute approximate surface area is 248 Å². The number of fused-ring (bicyclic) bond motifs is 1. The Morgan fingerprint density at radius 1 is 1.05 bits per heavy atom. The molecule has 1 aliphatic rings. The van der Waals surface area contributed by atoms with Crippen LogP contribution in [-0.2, 0) is 6.54 Å². The molecule has 224 valence electrons. The first-order valence-electron chi connectivity index (χ1n) is 14.4. The molecule has 3 N–H and O–H groups in total. The lowest BCUT2D eigenvalue weighted by atomic mass is 9.99. The number of anilines is 1. The molecule has 0 saturated heterocycles. The molecule has 0 spiro atoms. The first kappa shape index (κ1) is 30.9. The van der Waals surface area contributed by atoms with E-state index in [0.717, 1.165) is 17.1 Å². The van der Waals surface area contributed by atoms with Gasteiger partial charge in [-0.05, 0) is 69.8 Å². The van der Waals surface area contributed by atoms with E-state index < -0.39 is 0 Å². The summed E-state index contributed by atoms with van der Waals surface area (Å²) in [5, 5.41) is 15.6. The summed E-state index contributed by atoms with van der Waals surface area (Å²) in [5.41, 5.74) is 1.90. The van der Waals surface area contributed by atoms with E-state index in [1.165, 1.54) is 0 Å². The summed E-state index contributed by atoms with van der Waals surface area (Å²) < 4.78 is 12.5. The van der Waals surface area contributed by atoms with Crippen molar-refractivity contribution in [2.75, 3.05) is 32.1 Å². The monoisotopic (exact) mass is 574 g/mol. The van der Waals surface area contributed by atoms with Crippen LogP contribution in [0.3, 0.4) is 0 Å². The van der Waals surface area contributed by atoms with Crippen molar-refractivity contribution in [1.82, 2.24) is 15.1 Å². The van der Waals surface area contributed by atoms with Crippen LogP contribution >= 0.6 is 0 Å².